The first-order chi connectivity index (χ1) is 9.85. The van der Waals surface area contributed by atoms with Crippen LogP contribution in [0.2, 0.25) is 0 Å². The van der Waals surface area contributed by atoms with Gasteiger partial charge < -0.3 is 9.84 Å². The van der Waals surface area contributed by atoms with Crippen LogP contribution in [-0.2, 0) is 9.53 Å². The fourth-order valence-corrected chi connectivity index (χ4v) is 3.62. The van der Waals surface area contributed by atoms with E-state index in [1.165, 1.54) is 6.92 Å². The maximum absolute atomic E-state index is 14.4. The van der Waals surface area contributed by atoms with E-state index in [2.05, 4.69) is 6.92 Å². The fraction of sp³-hybridized carbons (Fsp3) is 0.824. The predicted octanol–water partition coefficient (Wildman–Crippen LogP) is 3.41. The van der Waals surface area contributed by atoms with Gasteiger partial charge in [0.15, 0.2) is 0 Å². The quantitative estimate of drug-likeness (QED) is 0.604. The molecule has 0 aromatic heterocycles. The van der Waals surface area contributed by atoms with E-state index in [9.17, 15) is 14.3 Å². The molecule has 1 saturated heterocycles. The van der Waals surface area contributed by atoms with Crippen LogP contribution in [0.15, 0.2) is 12.2 Å². The van der Waals surface area contributed by atoms with Gasteiger partial charge in [0.05, 0.1) is 6.42 Å². The molecule has 0 bridgehead atoms. The average molecular weight is 298 g/mol. The number of alkyl halides is 1. The minimum absolute atomic E-state index is 0.0103. The molecule has 0 radical (unpaired) electrons. The van der Waals surface area contributed by atoms with Gasteiger partial charge in [-0.3, -0.25) is 4.79 Å². The van der Waals surface area contributed by atoms with Crippen molar-refractivity contribution in [3.05, 3.63) is 12.2 Å². The first-order valence-electron chi connectivity index (χ1n) is 8.10. The van der Waals surface area contributed by atoms with Crippen molar-refractivity contribution in [1.29, 1.82) is 0 Å². The summed E-state index contributed by atoms with van der Waals surface area (Å²) in [6.07, 6.45) is 5.78. The van der Waals surface area contributed by atoms with Gasteiger partial charge in [-0.15, -0.1) is 0 Å². The van der Waals surface area contributed by atoms with Gasteiger partial charge in [-0.25, -0.2) is 4.39 Å². The van der Waals surface area contributed by atoms with Crippen molar-refractivity contribution in [1.82, 2.24) is 0 Å². The smallest absolute Gasteiger partial charge is 0.306 e. The average Bonchev–Trinajstić information content (AvgIpc) is 2.89. The molecule has 0 aromatic carbocycles. The Morgan fingerprint density at radius 1 is 1.57 bits per heavy atom. The van der Waals surface area contributed by atoms with Crippen LogP contribution in [-0.4, -0.2) is 29.0 Å². The van der Waals surface area contributed by atoms with E-state index in [-0.39, 0.29) is 23.9 Å². The highest BCUT2D eigenvalue weighted by molar-refractivity contribution is 5.72. The molecule has 2 aliphatic rings. The zero-order valence-electron chi connectivity index (χ0n) is 13.2. The standard InChI is InChI=1S/C17H27FO3/c1-4-5-8-17(3,18)15(19)7-6-12-11(2)9-14-13(12)10-16(20)21-14/h6-7,11-15,19H,4-5,8-10H2,1-3H3/t11-,12+,13-,14+,15-,17-/m1/s1. The van der Waals surface area contributed by atoms with Crippen molar-refractivity contribution < 1.29 is 19.0 Å². The Morgan fingerprint density at radius 2 is 2.29 bits per heavy atom. The number of unbranched alkanes of at least 4 members (excludes halogenated alkanes) is 1. The van der Waals surface area contributed by atoms with Crippen LogP contribution in [0.1, 0.15) is 52.9 Å². The van der Waals surface area contributed by atoms with Crippen molar-refractivity contribution in [2.24, 2.45) is 17.8 Å². The number of esters is 1. The molecule has 120 valence electrons. The van der Waals surface area contributed by atoms with E-state index >= 15 is 0 Å². The zero-order valence-corrected chi connectivity index (χ0v) is 13.2. The SMILES string of the molecule is CCCC[C@@](C)(F)[C@H](O)C=C[C@@H]1[C@H]2CC(=O)O[C@H]2C[C@H]1C. The Bertz CT molecular complexity index is 405. The van der Waals surface area contributed by atoms with Gasteiger partial charge in [0.25, 0.3) is 0 Å². The zero-order chi connectivity index (χ0) is 15.6. The molecule has 1 heterocycles. The molecule has 6 atom stereocenters. The van der Waals surface area contributed by atoms with Gasteiger partial charge in [0, 0.05) is 5.92 Å². The second-order valence-electron chi connectivity index (χ2n) is 6.90. The number of fused-ring (bicyclic) bond motifs is 1. The first kappa shape index (κ1) is 16.5. The molecule has 3 nitrogen and oxygen atoms in total. The third-order valence-corrected chi connectivity index (χ3v) is 5.07. The third kappa shape index (κ3) is 3.65. The summed E-state index contributed by atoms with van der Waals surface area (Å²) >= 11 is 0. The Morgan fingerprint density at radius 3 is 2.95 bits per heavy atom. The number of aliphatic hydroxyl groups is 1. The van der Waals surface area contributed by atoms with Gasteiger partial charge in [0.1, 0.15) is 17.9 Å². The van der Waals surface area contributed by atoms with Gasteiger partial charge in [-0.05, 0) is 31.6 Å². The molecule has 21 heavy (non-hydrogen) atoms. The van der Waals surface area contributed by atoms with Crippen molar-refractivity contribution >= 4 is 5.97 Å². The number of halogens is 1. The number of allylic oxidation sites excluding steroid dienone is 1. The minimum atomic E-state index is -1.59. The summed E-state index contributed by atoms with van der Waals surface area (Å²) in [5, 5.41) is 10.1. The summed E-state index contributed by atoms with van der Waals surface area (Å²) in [7, 11) is 0. The lowest BCUT2D eigenvalue weighted by atomic mass is 9.86. The monoisotopic (exact) mass is 298 g/mol. The van der Waals surface area contributed by atoms with Crippen molar-refractivity contribution in [3.63, 3.8) is 0 Å². The van der Waals surface area contributed by atoms with E-state index in [0.29, 0.717) is 18.8 Å². The van der Waals surface area contributed by atoms with E-state index < -0.39 is 11.8 Å². The van der Waals surface area contributed by atoms with Crippen molar-refractivity contribution in [2.75, 3.05) is 0 Å². The summed E-state index contributed by atoms with van der Waals surface area (Å²) in [5.41, 5.74) is -1.59. The van der Waals surface area contributed by atoms with Crippen molar-refractivity contribution in [2.45, 2.75) is 70.8 Å². The molecule has 0 spiro atoms. The molecule has 4 heteroatoms. The summed E-state index contributed by atoms with van der Waals surface area (Å²) in [4.78, 5) is 11.4. The number of ether oxygens (including phenoxy) is 1. The third-order valence-electron chi connectivity index (χ3n) is 5.07. The van der Waals surface area contributed by atoms with Crippen molar-refractivity contribution in [3.8, 4) is 0 Å². The van der Waals surface area contributed by atoms with E-state index in [1.807, 2.05) is 13.0 Å². The highest BCUT2D eigenvalue weighted by atomic mass is 19.1. The predicted molar refractivity (Wildman–Crippen MR) is 79.4 cm³/mol. The Balaban J connectivity index is 1.98. The minimum Gasteiger partial charge on any atom is -0.462 e. The molecule has 2 rings (SSSR count). The van der Waals surface area contributed by atoms with E-state index in [4.69, 9.17) is 4.74 Å². The summed E-state index contributed by atoms with van der Waals surface area (Å²) < 4.78 is 19.7. The van der Waals surface area contributed by atoms with E-state index in [1.54, 1.807) is 6.08 Å². The Kier molecular flexibility index (Phi) is 5.07. The van der Waals surface area contributed by atoms with Crippen LogP contribution in [0.5, 0.6) is 0 Å². The molecule has 1 saturated carbocycles. The number of aliphatic hydroxyl groups excluding tert-OH is 1. The number of hydrogen-bond acceptors (Lipinski definition) is 3. The summed E-state index contributed by atoms with van der Waals surface area (Å²) in [5.74, 6) is 0.655. The number of hydrogen-bond donors (Lipinski definition) is 1. The van der Waals surface area contributed by atoms with Gasteiger partial charge in [-0.1, -0.05) is 38.8 Å². The number of carbonyl (C=O) groups excluding carboxylic acids is 1. The molecule has 0 aromatic rings. The Hall–Kier alpha value is -0.900. The largest absolute Gasteiger partial charge is 0.462 e. The van der Waals surface area contributed by atoms with Crippen LogP contribution in [0, 0.1) is 17.8 Å². The molecule has 1 N–H and O–H groups in total. The van der Waals surface area contributed by atoms with Crippen LogP contribution in [0.4, 0.5) is 4.39 Å². The summed E-state index contributed by atoms with van der Waals surface area (Å²) in [6, 6.07) is 0. The summed E-state index contributed by atoms with van der Waals surface area (Å²) in [6.45, 7) is 5.59. The molecular formula is C17H27FO3. The molecule has 1 aliphatic carbocycles. The first-order valence-corrected chi connectivity index (χ1v) is 8.10. The molecule has 0 amide bonds. The highest BCUT2D eigenvalue weighted by Gasteiger charge is 2.47. The normalized spacial score (nSPS) is 36.5. The van der Waals surface area contributed by atoms with E-state index in [0.717, 1.165) is 19.3 Å². The van der Waals surface area contributed by atoms with Crippen LogP contribution in [0.3, 0.4) is 0 Å². The second-order valence-corrected chi connectivity index (χ2v) is 6.90. The van der Waals surface area contributed by atoms with Gasteiger partial charge >= 0.3 is 5.97 Å². The lowest BCUT2D eigenvalue weighted by molar-refractivity contribution is -0.141. The Labute approximate surface area is 126 Å². The molecular weight excluding hydrogens is 271 g/mol. The molecule has 1 aliphatic heterocycles. The number of carbonyl (C=O) groups is 1. The topological polar surface area (TPSA) is 46.5 Å². The maximum atomic E-state index is 14.4. The van der Waals surface area contributed by atoms with Crippen LogP contribution in [0.25, 0.3) is 0 Å². The maximum Gasteiger partial charge on any atom is 0.306 e. The second kappa shape index (κ2) is 6.47. The molecule has 0 unspecified atom stereocenters. The van der Waals surface area contributed by atoms with Crippen LogP contribution < -0.4 is 0 Å². The molecule has 2 fully saturated rings. The lowest BCUT2D eigenvalue weighted by Gasteiger charge is -2.25. The van der Waals surface area contributed by atoms with Gasteiger partial charge in [0.2, 0.25) is 0 Å². The van der Waals surface area contributed by atoms with Gasteiger partial charge in [-0.2, -0.15) is 0 Å². The highest BCUT2D eigenvalue weighted by Crippen LogP contribution is 2.45. The van der Waals surface area contributed by atoms with Crippen LogP contribution >= 0.6 is 0 Å². The number of rotatable bonds is 6. The lowest BCUT2D eigenvalue weighted by Crippen LogP contribution is -2.33. The fourth-order valence-electron chi connectivity index (χ4n) is 3.62.